The molecule has 1 aromatic carbocycles. The van der Waals surface area contributed by atoms with Gasteiger partial charge >= 0.3 is 0 Å². The zero-order chi connectivity index (χ0) is 16.1. The Hall–Kier alpha value is -0.520. The van der Waals surface area contributed by atoms with Crippen molar-refractivity contribution < 1.29 is 4.79 Å². The monoisotopic (exact) mass is 396 g/mol. The van der Waals surface area contributed by atoms with Gasteiger partial charge in [0.2, 0.25) is 5.91 Å². The van der Waals surface area contributed by atoms with Crippen LogP contribution in [0.3, 0.4) is 0 Å². The lowest BCUT2D eigenvalue weighted by Gasteiger charge is -2.38. The van der Waals surface area contributed by atoms with Crippen molar-refractivity contribution in [3.05, 3.63) is 28.7 Å². The van der Waals surface area contributed by atoms with Gasteiger partial charge in [-0.2, -0.15) is 0 Å². The minimum Gasteiger partial charge on any atom is -0.340 e. The van der Waals surface area contributed by atoms with Gasteiger partial charge in [-0.3, -0.25) is 9.69 Å². The predicted molar refractivity (Wildman–Crippen MR) is 99.9 cm³/mol. The Balaban J connectivity index is 1.38. The highest BCUT2D eigenvalue weighted by molar-refractivity contribution is 9.10. The van der Waals surface area contributed by atoms with E-state index in [0.717, 1.165) is 42.4 Å². The van der Waals surface area contributed by atoms with Crippen molar-refractivity contribution in [1.82, 2.24) is 9.80 Å². The Morgan fingerprint density at radius 2 is 1.83 bits per heavy atom. The lowest BCUT2D eigenvalue weighted by Crippen LogP contribution is -2.51. The van der Waals surface area contributed by atoms with Gasteiger partial charge < -0.3 is 4.90 Å². The molecule has 1 aliphatic heterocycles. The number of benzene rings is 1. The summed E-state index contributed by atoms with van der Waals surface area (Å²) in [5.41, 5.74) is 0. The summed E-state index contributed by atoms with van der Waals surface area (Å²) in [4.78, 5) is 18.3. The minimum absolute atomic E-state index is 0.315. The van der Waals surface area contributed by atoms with Crippen LogP contribution in [0.4, 0.5) is 0 Å². The van der Waals surface area contributed by atoms with E-state index in [-0.39, 0.29) is 0 Å². The number of carbonyl (C=O) groups is 1. The van der Waals surface area contributed by atoms with E-state index in [9.17, 15) is 4.79 Å². The molecule has 1 heterocycles. The van der Waals surface area contributed by atoms with Gasteiger partial charge in [-0.15, -0.1) is 11.8 Å². The first-order valence-electron chi connectivity index (χ1n) is 8.63. The number of rotatable bonds is 5. The minimum atomic E-state index is 0.315. The van der Waals surface area contributed by atoms with Crippen molar-refractivity contribution >= 4 is 33.6 Å². The molecule has 0 spiro atoms. The van der Waals surface area contributed by atoms with Crippen LogP contribution in [0.1, 0.15) is 32.1 Å². The van der Waals surface area contributed by atoms with Crippen molar-refractivity contribution in [2.75, 3.05) is 31.9 Å². The molecular weight excluding hydrogens is 372 g/mol. The van der Waals surface area contributed by atoms with E-state index in [1.807, 2.05) is 18.2 Å². The van der Waals surface area contributed by atoms with Crippen LogP contribution in [0.15, 0.2) is 33.6 Å². The molecule has 23 heavy (non-hydrogen) atoms. The van der Waals surface area contributed by atoms with Gasteiger partial charge in [0.05, 0.1) is 0 Å². The number of nitrogens with zero attached hydrogens (tertiary/aromatic N) is 2. The molecule has 0 radical (unpaired) electrons. The lowest BCUT2D eigenvalue weighted by atomic mass is 10.2. The molecule has 3 nitrogen and oxygen atoms in total. The number of halogens is 1. The molecule has 1 saturated carbocycles. The zero-order valence-electron chi connectivity index (χ0n) is 13.5. The number of amides is 1. The van der Waals surface area contributed by atoms with E-state index in [4.69, 9.17) is 0 Å². The van der Waals surface area contributed by atoms with Crippen LogP contribution in [0.2, 0.25) is 0 Å². The predicted octanol–water partition coefficient (Wildman–Crippen LogP) is 4.02. The van der Waals surface area contributed by atoms with Crippen LogP contribution in [0.25, 0.3) is 0 Å². The maximum absolute atomic E-state index is 12.4. The highest BCUT2D eigenvalue weighted by Crippen LogP contribution is 2.28. The molecular formula is C18H25BrN2OS. The summed E-state index contributed by atoms with van der Waals surface area (Å²) >= 11 is 5.31. The van der Waals surface area contributed by atoms with Crippen molar-refractivity contribution in [2.24, 2.45) is 0 Å². The van der Waals surface area contributed by atoms with Crippen LogP contribution < -0.4 is 0 Å². The standard InChI is InChI=1S/C18H25BrN2OS/c19-16-7-3-4-8-17(16)23-14-9-18(22)21-12-10-20(11-13-21)15-5-1-2-6-15/h3-4,7-8,15H,1-2,5-6,9-14H2. The summed E-state index contributed by atoms with van der Waals surface area (Å²) in [6.45, 7) is 3.95. The third kappa shape index (κ3) is 4.74. The number of piperazine rings is 1. The van der Waals surface area contributed by atoms with E-state index in [0.29, 0.717) is 12.3 Å². The number of carbonyl (C=O) groups excluding carboxylic acids is 1. The summed E-state index contributed by atoms with van der Waals surface area (Å²) in [6, 6.07) is 8.99. The van der Waals surface area contributed by atoms with Crippen molar-refractivity contribution in [1.29, 1.82) is 0 Å². The lowest BCUT2D eigenvalue weighted by molar-refractivity contribution is -0.132. The Morgan fingerprint density at radius 3 is 2.52 bits per heavy atom. The first-order valence-corrected chi connectivity index (χ1v) is 10.4. The first kappa shape index (κ1) is 17.3. The van der Waals surface area contributed by atoms with Gasteiger partial charge in [0.1, 0.15) is 0 Å². The molecule has 0 bridgehead atoms. The fraction of sp³-hybridized carbons (Fsp3) is 0.611. The smallest absolute Gasteiger partial charge is 0.223 e. The second-order valence-corrected chi connectivity index (χ2v) is 8.38. The fourth-order valence-electron chi connectivity index (χ4n) is 3.57. The second kappa shape index (κ2) is 8.54. The number of hydrogen-bond donors (Lipinski definition) is 0. The van der Waals surface area contributed by atoms with E-state index in [1.165, 1.54) is 30.6 Å². The highest BCUT2D eigenvalue weighted by atomic mass is 79.9. The first-order chi connectivity index (χ1) is 11.2. The van der Waals surface area contributed by atoms with E-state index in [1.54, 1.807) is 11.8 Å². The van der Waals surface area contributed by atoms with Gasteiger partial charge in [-0.25, -0.2) is 0 Å². The Labute approximate surface area is 151 Å². The number of hydrogen-bond acceptors (Lipinski definition) is 3. The molecule has 0 atom stereocenters. The summed E-state index contributed by atoms with van der Waals surface area (Å²) in [7, 11) is 0. The van der Waals surface area contributed by atoms with Crippen molar-refractivity contribution in [2.45, 2.75) is 43.0 Å². The van der Waals surface area contributed by atoms with Crippen molar-refractivity contribution in [3.8, 4) is 0 Å². The zero-order valence-corrected chi connectivity index (χ0v) is 15.9. The van der Waals surface area contributed by atoms with Crippen molar-refractivity contribution in [3.63, 3.8) is 0 Å². The van der Waals surface area contributed by atoms with Crippen LogP contribution in [-0.4, -0.2) is 53.7 Å². The van der Waals surface area contributed by atoms with E-state index < -0.39 is 0 Å². The Bertz CT molecular complexity index is 526. The van der Waals surface area contributed by atoms with Gasteiger partial charge in [0.25, 0.3) is 0 Å². The molecule has 2 fully saturated rings. The molecule has 0 aromatic heterocycles. The number of thioether (sulfide) groups is 1. The normalized spacial score (nSPS) is 20.1. The van der Waals surface area contributed by atoms with Gasteiger partial charge in [0, 0.05) is 53.8 Å². The second-order valence-electron chi connectivity index (χ2n) is 6.38. The molecule has 0 N–H and O–H groups in total. The molecule has 1 aromatic rings. The fourth-order valence-corrected chi connectivity index (χ4v) is 5.08. The maximum Gasteiger partial charge on any atom is 0.223 e. The summed E-state index contributed by atoms with van der Waals surface area (Å²) in [5, 5.41) is 0. The van der Waals surface area contributed by atoms with Gasteiger partial charge in [-0.1, -0.05) is 25.0 Å². The molecule has 2 aliphatic rings. The quantitative estimate of drug-likeness (QED) is 0.702. The molecule has 0 unspecified atom stereocenters. The average Bonchev–Trinajstić information content (AvgIpc) is 3.11. The molecule has 1 amide bonds. The van der Waals surface area contributed by atoms with Crippen LogP contribution in [-0.2, 0) is 4.79 Å². The maximum atomic E-state index is 12.4. The summed E-state index contributed by atoms with van der Waals surface area (Å²) < 4.78 is 1.11. The molecule has 1 aliphatic carbocycles. The topological polar surface area (TPSA) is 23.6 Å². The van der Waals surface area contributed by atoms with Crippen LogP contribution in [0.5, 0.6) is 0 Å². The summed E-state index contributed by atoms with van der Waals surface area (Å²) in [6.07, 6.45) is 6.12. The third-order valence-corrected chi connectivity index (χ3v) is 6.95. The molecule has 126 valence electrons. The van der Waals surface area contributed by atoms with Gasteiger partial charge in [-0.05, 0) is 40.9 Å². The van der Waals surface area contributed by atoms with E-state index >= 15 is 0 Å². The average molecular weight is 397 g/mol. The van der Waals surface area contributed by atoms with Crippen LogP contribution >= 0.6 is 27.7 Å². The third-order valence-electron chi connectivity index (χ3n) is 4.92. The van der Waals surface area contributed by atoms with E-state index in [2.05, 4.69) is 31.8 Å². The largest absolute Gasteiger partial charge is 0.340 e. The van der Waals surface area contributed by atoms with Gasteiger partial charge in [0.15, 0.2) is 0 Å². The Morgan fingerprint density at radius 1 is 1.13 bits per heavy atom. The molecule has 3 rings (SSSR count). The summed E-state index contributed by atoms with van der Waals surface area (Å²) in [5.74, 6) is 1.17. The SMILES string of the molecule is O=C(CCSc1ccccc1Br)N1CCN(C2CCCC2)CC1. The Kier molecular flexibility index (Phi) is 6.43. The molecule has 5 heteroatoms. The highest BCUT2D eigenvalue weighted by Gasteiger charge is 2.27. The molecule has 1 saturated heterocycles. The van der Waals surface area contributed by atoms with Crippen LogP contribution in [0, 0.1) is 0 Å².